The van der Waals surface area contributed by atoms with Crippen LogP contribution < -0.4 is 10.2 Å². The van der Waals surface area contributed by atoms with Crippen molar-refractivity contribution in [2.24, 2.45) is 0 Å². The molecule has 0 aliphatic carbocycles. The summed E-state index contributed by atoms with van der Waals surface area (Å²) in [4.78, 5) is 26.3. The number of nitrogens with zero attached hydrogens (tertiary/aromatic N) is 2. The summed E-state index contributed by atoms with van der Waals surface area (Å²) in [7, 11) is 1.51. The molecule has 0 spiro atoms. The molecule has 0 saturated heterocycles. The zero-order valence-corrected chi connectivity index (χ0v) is 10.2. The predicted molar refractivity (Wildman–Crippen MR) is 67.6 cm³/mol. The van der Waals surface area contributed by atoms with Crippen molar-refractivity contribution >= 4 is 5.97 Å². The molecule has 2 aromatic rings. The maximum absolute atomic E-state index is 11.4. The van der Waals surface area contributed by atoms with Gasteiger partial charge in [0.25, 0.3) is 0 Å². The first-order chi connectivity index (χ1) is 9.11. The Kier molecular flexibility index (Phi) is 3.61. The molecule has 6 heteroatoms. The van der Waals surface area contributed by atoms with Crippen LogP contribution in [-0.4, -0.2) is 27.7 Å². The molecule has 1 N–H and O–H groups in total. The second-order valence-corrected chi connectivity index (χ2v) is 3.87. The van der Waals surface area contributed by atoms with Gasteiger partial charge < -0.3 is 14.4 Å². The van der Waals surface area contributed by atoms with Gasteiger partial charge in [-0.1, -0.05) is 6.07 Å². The third-order valence-electron chi connectivity index (χ3n) is 2.60. The van der Waals surface area contributed by atoms with Crippen LogP contribution in [-0.2, 0) is 6.54 Å². The summed E-state index contributed by atoms with van der Waals surface area (Å²) in [6.45, 7) is 0.373. The predicted octanol–water partition coefficient (Wildman–Crippen LogP) is 0.998. The number of methoxy groups -OCH3 is 1. The SMILES string of the molecule is COc1ncccc1Cn1ccc(=O)c(C(=O)O)c1. The van der Waals surface area contributed by atoms with Gasteiger partial charge in [0, 0.05) is 30.2 Å². The van der Waals surface area contributed by atoms with Crippen molar-refractivity contribution in [1.29, 1.82) is 0 Å². The van der Waals surface area contributed by atoms with E-state index >= 15 is 0 Å². The van der Waals surface area contributed by atoms with Crippen LogP contribution in [0.25, 0.3) is 0 Å². The van der Waals surface area contributed by atoms with E-state index < -0.39 is 11.4 Å². The third kappa shape index (κ3) is 2.79. The molecular weight excluding hydrogens is 248 g/mol. The van der Waals surface area contributed by atoms with Crippen molar-refractivity contribution in [3.63, 3.8) is 0 Å². The Morgan fingerprint density at radius 1 is 1.47 bits per heavy atom. The van der Waals surface area contributed by atoms with Crippen molar-refractivity contribution in [3.05, 3.63) is 58.1 Å². The fraction of sp³-hybridized carbons (Fsp3) is 0.154. The molecule has 2 aromatic heterocycles. The molecule has 0 fully saturated rings. The summed E-state index contributed by atoms with van der Waals surface area (Å²) in [6.07, 6.45) is 4.44. The van der Waals surface area contributed by atoms with Gasteiger partial charge in [-0.05, 0) is 6.07 Å². The summed E-state index contributed by atoms with van der Waals surface area (Å²) >= 11 is 0. The first-order valence-electron chi connectivity index (χ1n) is 5.53. The van der Waals surface area contributed by atoms with E-state index in [1.165, 1.54) is 25.6 Å². The molecule has 0 unspecified atom stereocenters. The maximum atomic E-state index is 11.4. The van der Waals surface area contributed by atoms with Crippen LogP contribution in [0.1, 0.15) is 15.9 Å². The van der Waals surface area contributed by atoms with E-state index in [2.05, 4.69) is 4.98 Å². The number of pyridine rings is 2. The number of hydrogen-bond acceptors (Lipinski definition) is 4. The highest BCUT2D eigenvalue weighted by molar-refractivity contribution is 5.86. The number of rotatable bonds is 4. The zero-order valence-electron chi connectivity index (χ0n) is 10.2. The summed E-state index contributed by atoms with van der Waals surface area (Å²) in [6, 6.07) is 4.81. The average Bonchev–Trinajstić information content (AvgIpc) is 2.41. The molecule has 0 radical (unpaired) electrons. The smallest absolute Gasteiger partial charge is 0.341 e. The first kappa shape index (κ1) is 12.8. The number of ether oxygens (including phenoxy) is 1. The second-order valence-electron chi connectivity index (χ2n) is 3.87. The van der Waals surface area contributed by atoms with Gasteiger partial charge in [0.1, 0.15) is 5.56 Å². The molecule has 0 aromatic carbocycles. The van der Waals surface area contributed by atoms with Crippen LogP contribution in [0.2, 0.25) is 0 Å². The van der Waals surface area contributed by atoms with E-state index in [9.17, 15) is 9.59 Å². The van der Waals surface area contributed by atoms with Crippen LogP contribution in [0.3, 0.4) is 0 Å². The molecule has 0 aliphatic heterocycles. The molecule has 2 rings (SSSR count). The number of aromatic nitrogens is 2. The Labute approximate surface area is 108 Å². The fourth-order valence-electron chi connectivity index (χ4n) is 1.71. The Hall–Kier alpha value is -2.63. The van der Waals surface area contributed by atoms with Crippen molar-refractivity contribution < 1.29 is 14.6 Å². The van der Waals surface area contributed by atoms with Gasteiger partial charge in [0.15, 0.2) is 5.43 Å². The lowest BCUT2D eigenvalue weighted by Gasteiger charge is -2.10. The molecule has 0 aliphatic rings. The van der Waals surface area contributed by atoms with Crippen molar-refractivity contribution in [2.45, 2.75) is 6.54 Å². The van der Waals surface area contributed by atoms with Gasteiger partial charge in [0.05, 0.1) is 13.7 Å². The quantitative estimate of drug-likeness (QED) is 0.886. The van der Waals surface area contributed by atoms with E-state index in [0.717, 1.165) is 5.56 Å². The lowest BCUT2D eigenvalue weighted by atomic mass is 10.2. The lowest BCUT2D eigenvalue weighted by Crippen LogP contribution is -2.17. The van der Waals surface area contributed by atoms with Gasteiger partial charge in [-0.25, -0.2) is 9.78 Å². The fourth-order valence-corrected chi connectivity index (χ4v) is 1.71. The lowest BCUT2D eigenvalue weighted by molar-refractivity contribution is 0.0694. The Balaban J connectivity index is 2.36. The van der Waals surface area contributed by atoms with Gasteiger partial charge in [-0.15, -0.1) is 0 Å². The highest BCUT2D eigenvalue weighted by Gasteiger charge is 2.09. The molecule has 0 saturated carbocycles. The van der Waals surface area contributed by atoms with Gasteiger partial charge in [-0.3, -0.25) is 4.79 Å². The number of hydrogen-bond donors (Lipinski definition) is 1. The van der Waals surface area contributed by atoms with E-state index in [1.54, 1.807) is 16.8 Å². The van der Waals surface area contributed by atoms with Gasteiger partial charge in [0.2, 0.25) is 5.88 Å². The maximum Gasteiger partial charge on any atom is 0.341 e. The summed E-state index contributed by atoms with van der Waals surface area (Å²) in [5.41, 5.74) is 0.0252. The minimum absolute atomic E-state index is 0.259. The van der Waals surface area contributed by atoms with Crippen LogP contribution >= 0.6 is 0 Å². The number of carboxylic acids is 1. The number of carbonyl (C=O) groups is 1. The zero-order chi connectivity index (χ0) is 13.8. The number of aromatic carboxylic acids is 1. The standard InChI is InChI=1S/C13H12N2O4/c1-19-12-9(3-2-5-14-12)7-15-6-4-11(16)10(8-15)13(17)18/h2-6,8H,7H2,1H3,(H,17,18). The highest BCUT2D eigenvalue weighted by Crippen LogP contribution is 2.14. The number of carboxylic acid groups (broad SMARTS) is 1. The summed E-state index contributed by atoms with van der Waals surface area (Å²) in [5.74, 6) is -0.768. The monoisotopic (exact) mass is 260 g/mol. The summed E-state index contributed by atoms with van der Waals surface area (Å²) < 4.78 is 6.72. The van der Waals surface area contributed by atoms with Crippen molar-refractivity contribution in [3.8, 4) is 5.88 Å². The van der Waals surface area contributed by atoms with Crippen LogP contribution in [0, 0.1) is 0 Å². The molecule has 6 nitrogen and oxygen atoms in total. The molecule has 98 valence electrons. The largest absolute Gasteiger partial charge is 0.481 e. The first-order valence-corrected chi connectivity index (χ1v) is 5.53. The molecule has 19 heavy (non-hydrogen) atoms. The highest BCUT2D eigenvalue weighted by atomic mass is 16.5. The van der Waals surface area contributed by atoms with Crippen molar-refractivity contribution in [1.82, 2.24) is 9.55 Å². The normalized spacial score (nSPS) is 10.2. The topological polar surface area (TPSA) is 81.4 Å². The average molecular weight is 260 g/mol. The van der Waals surface area contributed by atoms with Crippen molar-refractivity contribution in [2.75, 3.05) is 7.11 Å². The van der Waals surface area contributed by atoms with E-state index in [4.69, 9.17) is 9.84 Å². The Bertz CT molecular complexity index is 664. The second kappa shape index (κ2) is 5.34. The minimum atomic E-state index is -1.24. The Morgan fingerprint density at radius 2 is 2.26 bits per heavy atom. The van der Waals surface area contributed by atoms with Gasteiger partial charge >= 0.3 is 5.97 Å². The molecule has 2 heterocycles. The van der Waals surface area contributed by atoms with E-state index in [1.807, 2.05) is 6.07 Å². The Morgan fingerprint density at radius 3 is 2.95 bits per heavy atom. The van der Waals surface area contributed by atoms with Crippen LogP contribution in [0.15, 0.2) is 41.6 Å². The summed E-state index contributed by atoms with van der Waals surface area (Å²) in [5, 5.41) is 8.91. The van der Waals surface area contributed by atoms with Gasteiger partial charge in [-0.2, -0.15) is 0 Å². The van der Waals surface area contributed by atoms with E-state index in [0.29, 0.717) is 12.4 Å². The molecule has 0 atom stereocenters. The third-order valence-corrected chi connectivity index (χ3v) is 2.60. The minimum Gasteiger partial charge on any atom is -0.481 e. The van der Waals surface area contributed by atoms with Crippen LogP contribution in [0.4, 0.5) is 0 Å². The molecule has 0 amide bonds. The molecule has 0 bridgehead atoms. The molecular formula is C13H12N2O4. The van der Waals surface area contributed by atoms with E-state index in [-0.39, 0.29) is 5.56 Å². The van der Waals surface area contributed by atoms with Crippen LogP contribution in [0.5, 0.6) is 5.88 Å².